The van der Waals surface area contributed by atoms with Crippen molar-refractivity contribution in [1.29, 1.82) is 0 Å². The molecule has 0 radical (unpaired) electrons. The van der Waals surface area contributed by atoms with Crippen LogP contribution in [0.15, 0.2) is 60.7 Å². The summed E-state index contributed by atoms with van der Waals surface area (Å²) >= 11 is 0. The van der Waals surface area contributed by atoms with Crippen molar-refractivity contribution in [2.24, 2.45) is 0 Å². The fraction of sp³-hybridized carbons (Fsp3) is 0.300. The summed E-state index contributed by atoms with van der Waals surface area (Å²) in [5.74, 6) is -2.41. The van der Waals surface area contributed by atoms with Crippen molar-refractivity contribution in [3.63, 3.8) is 0 Å². The molecule has 2 heterocycles. The number of piperazine rings is 1. The SMILES string of the molecule is CCn1c2ccccc2c2cc(CN3CCN(C(=O)c4ccc(OC)c(OC)c4)CC3)ccc21.O=C(O)C(=O)O. The molecule has 1 amide bonds. The van der Waals surface area contributed by atoms with Gasteiger partial charge in [0.15, 0.2) is 11.5 Å². The Morgan fingerprint density at radius 3 is 2.05 bits per heavy atom. The topological polar surface area (TPSA) is 122 Å². The van der Waals surface area contributed by atoms with Crippen molar-refractivity contribution >= 4 is 39.7 Å². The Balaban J connectivity index is 0.000000557. The van der Waals surface area contributed by atoms with E-state index in [1.54, 1.807) is 32.4 Å². The van der Waals surface area contributed by atoms with Gasteiger partial charge in [0.25, 0.3) is 5.91 Å². The van der Waals surface area contributed by atoms with E-state index in [0.717, 1.165) is 26.2 Å². The highest BCUT2D eigenvalue weighted by molar-refractivity contribution is 6.27. The Morgan fingerprint density at radius 2 is 1.43 bits per heavy atom. The third kappa shape index (κ3) is 6.02. The van der Waals surface area contributed by atoms with Crippen LogP contribution in [0.1, 0.15) is 22.8 Å². The molecule has 4 aromatic rings. The molecule has 1 aliphatic heterocycles. The molecule has 1 aliphatic rings. The van der Waals surface area contributed by atoms with Crippen molar-refractivity contribution < 1.29 is 34.1 Å². The number of ether oxygens (including phenoxy) is 2. The molecule has 0 bridgehead atoms. The lowest BCUT2D eigenvalue weighted by atomic mass is 10.1. The second-order valence-electron chi connectivity index (χ2n) is 9.36. The molecule has 2 N–H and O–H groups in total. The van der Waals surface area contributed by atoms with Crippen LogP contribution in [0.3, 0.4) is 0 Å². The van der Waals surface area contributed by atoms with Gasteiger partial charge in [-0.05, 0) is 48.9 Å². The Labute approximate surface area is 231 Å². The maximum atomic E-state index is 13.0. The summed E-state index contributed by atoms with van der Waals surface area (Å²) in [4.78, 5) is 35.6. The van der Waals surface area contributed by atoms with E-state index >= 15 is 0 Å². The quantitative estimate of drug-likeness (QED) is 0.348. The van der Waals surface area contributed by atoms with Crippen LogP contribution >= 0.6 is 0 Å². The highest BCUT2D eigenvalue weighted by atomic mass is 16.5. The Bertz CT molecular complexity index is 1530. The lowest BCUT2D eigenvalue weighted by molar-refractivity contribution is -0.159. The number of hydrogen-bond donors (Lipinski definition) is 2. The maximum Gasteiger partial charge on any atom is 0.414 e. The van der Waals surface area contributed by atoms with Crippen LogP contribution in [0.4, 0.5) is 0 Å². The molecular weight excluding hydrogens is 514 g/mol. The van der Waals surface area contributed by atoms with E-state index in [1.165, 1.54) is 27.4 Å². The number of methoxy groups -OCH3 is 2. The molecular formula is C30H33N3O7. The smallest absolute Gasteiger partial charge is 0.414 e. The number of carboxylic acid groups (broad SMARTS) is 2. The minimum absolute atomic E-state index is 0.0365. The number of carboxylic acids is 2. The number of para-hydroxylation sites is 1. The first kappa shape index (κ1) is 28.4. The van der Waals surface area contributed by atoms with E-state index in [4.69, 9.17) is 29.3 Å². The van der Waals surface area contributed by atoms with Gasteiger partial charge in [0.05, 0.1) is 14.2 Å². The molecule has 3 aromatic carbocycles. The average Bonchev–Trinajstić information content (AvgIpc) is 3.30. The summed E-state index contributed by atoms with van der Waals surface area (Å²) in [6.45, 7) is 7.18. The van der Waals surface area contributed by atoms with Crippen molar-refractivity contribution in [2.45, 2.75) is 20.0 Å². The van der Waals surface area contributed by atoms with Crippen molar-refractivity contribution in [1.82, 2.24) is 14.4 Å². The molecule has 0 unspecified atom stereocenters. The van der Waals surface area contributed by atoms with E-state index in [2.05, 4.69) is 58.9 Å². The number of aryl methyl sites for hydroxylation is 1. The van der Waals surface area contributed by atoms with Crippen LogP contribution in [0, 0.1) is 0 Å². The molecule has 0 aliphatic carbocycles. The molecule has 1 fully saturated rings. The van der Waals surface area contributed by atoms with Crippen LogP contribution in [0.5, 0.6) is 11.5 Å². The number of carbonyl (C=O) groups excluding carboxylic acids is 1. The van der Waals surface area contributed by atoms with Crippen LogP contribution < -0.4 is 9.47 Å². The molecule has 10 nitrogen and oxygen atoms in total. The fourth-order valence-corrected chi connectivity index (χ4v) is 5.06. The van der Waals surface area contributed by atoms with Gasteiger partial charge >= 0.3 is 11.9 Å². The van der Waals surface area contributed by atoms with E-state index in [9.17, 15) is 4.79 Å². The number of carbonyl (C=O) groups is 3. The zero-order valence-corrected chi connectivity index (χ0v) is 22.8. The first-order valence-electron chi connectivity index (χ1n) is 13.0. The Morgan fingerprint density at radius 1 is 0.775 bits per heavy atom. The summed E-state index contributed by atoms with van der Waals surface area (Å²) in [6, 6.07) is 20.8. The highest BCUT2D eigenvalue weighted by Gasteiger charge is 2.23. The Hall–Kier alpha value is -4.57. The monoisotopic (exact) mass is 547 g/mol. The van der Waals surface area contributed by atoms with E-state index in [-0.39, 0.29) is 5.91 Å². The molecule has 10 heteroatoms. The molecule has 210 valence electrons. The molecule has 0 atom stereocenters. The van der Waals surface area contributed by atoms with Gasteiger partial charge in [-0.2, -0.15) is 0 Å². The van der Waals surface area contributed by atoms with Crippen LogP contribution in [-0.2, 0) is 22.7 Å². The first-order chi connectivity index (χ1) is 19.3. The summed E-state index contributed by atoms with van der Waals surface area (Å²) in [6.07, 6.45) is 0. The lowest BCUT2D eigenvalue weighted by Gasteiger charge is -2.35. The van der Waals surface area contributed by atoms with Gasteiger partial charge in [0.2, 0.25) is 0 Å². The number of benzene rings is 3. The number of rotatable bonds is 6. The highest BCUT2D eigenvalue weighted by Crippen LogP contribution is 2.30. The third-order valence-corrected chi connectivity index (χ3v) is 7.03. The van der Waals surface area contributed by atoms with E-state index in [0.29, 0.717) is 30.2 Å². The van der Waals surface area contributed by atoms with Crippen molar-refractivity contribution in [3.8, 4) is 11.5 Å². The Kier molecular flexibility index (Phi) is 8.90. The van der Waals surface area contributed by atoms with Gasteiger partial charge < -0.3 is 29.2 Å². The third-order valence-electron chi connectivity index (χ3n) is 7.03. The minimum atomic E-state index is -1.82. The number of hydrogen-bond acceptors (Lipinski definition) is 6. The first-order valence-corrected chi connectivity index (χ1v) is 13.0. The number of aliphatic carboxylic acids is 2. The van der Waals surface area contributed by atoms with Crippen molar-refractivity contribution in [3.05, 3.63) is 71.8 Å². The van der Waals surface area contributed by atoms with Gasteiger partial charge in [0.1, 0.15) is 0 Å². The summed E-state index contributed by atoms with van der Waals surface area (Å²) in [5, 5.41) is 17.4. The summed E-state index contributed by atoms with van der Waals surface area (Å²) in [5.41, 5.74) is 4.52. The van der Waals surface area contributed by atoms with Gasteiger partial charge in [-0.25, -0.2) is 9.59 Å². The standard InChI is InChI=1S/C28H31N3O3.C2H2O4/c1-4-31-24-8-6-5-7-22(24)23-17-20(9-11-25(23)31)19-29-13-15-30(16-14-29)28(32)21-10-12-26(33-2)27(18-21)34-3;3-1(4)2(5)6/h5-12,17-18H,4,13-16,19H2,1-3H3;(H,3,4)(H,5,6). The van der Waals surface area contributed by atoms with Gasteiger partial charge in [0, 0.05) is 66.6 Å². The van der Waals surface area contributed by atoms with Crippen LogP contribution in [-0.4, -0.2) is 82.8 Å². The molecule has 0 saturated carbocycles. The fourth-order valence-electron chi connectivity index (χ4n) is 5.06. The molecule has 40 heavy (non-hydrogen) atoms. The lowest BCUT2D eigenvalue weighted by Crippen LogP contribution is -2.48. The number of aromatic nitrogens is 1. The minimum Gasteiger partial charge on any atom is -0.493 e. The molecule has 1 aromatic heterocycles. The summed E-state index contributed by atoms with van der Waals surface area (Å²) in [7, 11) is 3.18. The van der Waals surface area contributed by atoms with E-state index < -0.39 is 11.9 Å². The predicted molar refractivity (Wildman–Crippen MR) is 151 cm³/mol. The normalized spacial score (nSPS) is 13.5. The zero-order chi connectivity index (χ0) is 28.8. The molecule has 5 rings (SSSR count). The number of amides is 1. The second-order valence-corrected chi connectivity index (χ2v) is 9.36. The van der Waals surface area contributed by atoms with Gasteiger partial charge in [-0.1, -0.05) is 24.3 Å². The zero-order valence-electron chi connectivity index (χ0n) is 22.8. The second kappa shape index (κ2) is 12.5. The van der Waals surface area contributed by atoms with Gasteiger partial charge in [-0.3, -0.25) is 9.69 Å². The van der Waals surface area contributed by atoms with Crippen LogP contribution in [0.2, 0.25) is 0 Å². The van der Waals surface area contributed by atoms with E-state index in [1.807, 2.05) is 4.90 Å². The largest absolute Gasteiger partial charge is 0.493 e. The summed E-state index contributed by atoms with van der Waals surface area (Å²) < 4.78 is 13.0. The van der Waals surface area contributed by atoms with Crippen LogP contribution in [0.25, 0.3) is 21.8 Å². The van der Waals surface area contributed by atoms with Crippen molar-refractivity contribution in [2.75, 3.05) is 40.4 Å². The maximum absolute atomic E-state index is 13.0. The number of nitrogens with zero attached hydrogens (tertiary/aromatic N) is 3. The molecule has 1 saturated heterocycles. The average molecular weight is 548 g/mol. The molecule has 0 spiro atoms. The van der Waals surface area contributed by atoms with Gasteiger partial charge in [-0.15, -0.1) is 0 Å². The predicted octanol–water partition coefficient (Wildman–Crippen LogP) is 3.95. The number of fused-ring (bicyclic) bond motifs is 3.